The van der Waals surface area contributed by atoms with Crippen molar-refractivity contribution in [2.24, 2.45) is 5.73 Å². The van der Waals surface area contributed by atoms with E-state index in [-0.39, 0.29) is 18.1 Å². The fourth-order valence-corrected chi connectivity index (χ4v) is 3.27. The number of nitrogens with one attached hydrogen (secondary N) is 1. The van der Waals surface area contributed by atoms with Crippen molar-refractivity contribution in [1.29, 1.82) is 0 Å². The number of H-pyrrole nitrogens is 1. The van der Waals surface area contributed by atoms with Gasteiger partial charge < -0.3 is 10.7 Å². The summed E-state index contributed by atoms with van der Waals surface area (Å²) in [5.74, 6) is 0. The van der Waals surface area contributed by atoms with E-state index in [1.54, 1.807) is 0 Å². The number of nitrogens with zero attached hydrogens (tertiary/aromatic N) is 2. The number of aromatic nitrogens is 2. The van der Waals surface area contributed by atoms with Crippen molar-refractivity contribution in [3.8, 4) is 0 Å². The van der Waals surface area contributed by atoms with Gasteiger partial charge in [-0.15, -0.1) is 0 Å². The largest absolute Gasteiger partial charge is 0.335 e. The van der Waals surface area contributed by atoms with Crippen LogP contribution in [0.5, 0.6) is 0 Å². The van der Waals surface area contributed by atoms with Crippen LogP contribution in [0.3, 0.4) is 0 Å². The van der Waals surface area contributed by atoms with Crippen molar-refractivity contribution in [3.63, 3.8) is 0 Å². The van der Waals surface area contributed by atoms with Gasteiger partial charge in [0.2, 0.25) is 0 Å². The Kier molecular flexibility index (Phi) is 4.89. The molecule has 20 heavy (non-hydrogen) atoms. The Morgan fingerprint density at radius 3 is 2.55 bits per heavy atom. The third-order valence-electron chi connectivity index (χ3n) is 2.96. The van der Waals surface area contributed by atoms with E-state index >= 15 is 0 Å². The normalized spacial score (nSPS) is 11.9. The van der Waals surface area contributed by atoms with Crippen LogP contribution in [-0.4, -0.2) is 42.3 Å². The molecule has 0 saturated heterocycles. The van der Waals surface area contributed by atoms with Gasteiger partial charge in [0.1, 0.15) is 0 Å². The second-order valence-electron chi connectivity index (χ2n) is 4.34. The zero-order valence-corrected chi connectivity index (χ0v) is 11.9. The molecule has 0 unspecified atom stereocenters. The molecule has 1 aromatic heterocycles. The van der Waals surface area contributed by atoms with E-state index in [2.05, 4.69) is 9.97 Å². The molecule has 1 heterocycles. The van der Waals surface area contributed by atoms with Gasteiger partial charge in [-0.25, -0.2) is 13.4 Å². The highest BCUT2D eigenvalue weighted by atomic mass is 32.2. The molecule has 0 aliphatic heterocycles. The first-order chi connectivity index (χ1) is 9.64. The fourth-order valence-electron chi connectivity index (χ4n) is 1.92. The molecule has 7 heteroatoms. The zero-order chi connectivity index (χ0) is 14.4. The van der Waals surface area contributed by atoms with Gasteiger partial charge >= 0.3 is 0 Å². The minimum atomic E-state index is -3.55. The minimum absolute atomic E-state index is 0.0963. The number of sulfonamides is 1. The molecule has 108 valence electrons. The van der Waals surface area contributed by atoms with Gasteiger partial charge in [0, 0.05) is 19.6 Å². The van der Waals surface area contributed by atoms with Crippen LogP contribution < -0.4 is 5.73 Å². The molecule has 0 radical (unpaired) electrons. The average Bonchev–Trinajstić information content (AvgIpc) is 2.99. The summed E-state index contributed by atoms with van der Waals surface area (Å²) < 4.78 is 26.2. The molecular weight excluding hydrogens is 276 g/mol. The lowest BCUT2D eigenvalue weighted by Crippen LogP contribution is -2.37. The number of aromatic amines is 1. The zero-order valence-electron chi connectivity index (χ0n) is 11.1. The van der Waals surface area contributed by atoms with Gasteiger partial charge in [0.05, 0.1) is 12.5 Å². The van der Waals surface area contributed by atoms with Gasteiger partial charge in [-0.2, -0.15) is 4.31 Å². The first-order valence-electron chi connectivity index (χ1n) is 6.37. The Bertz CT molecular complexity index is 611. The number of rotatable bonds is 7. The van der Waals surface area contributed by atoms with E-state index in [9.17, 15) is 8.42 Å². The second kappa shape index (κ2) is 6.65. The molecule has 0 amide bonds. The second-order valence-corrected chi connectivity index (χ2v) is 6.25. The first-order valence-corrected chi connectivity index (χ1v) is 7.81. The highest BCUT2D eigenvalue weighted by molar-refractivity contribution is 7.89. The highest BCUT2D eigenvalue weighted by Crippen LogP contribution is 2.12. The molecule has 0 fully saturated rings. The van der Waals surface area contributed by atoms with E-state index in [1.807, 2.05) is 30.3 Å². The summed E-state index contributed by atoms with van der Waals surface area (Å²) in [4.78, 5) is 6.39. The maximum Gasteiger partial charge on any atom is 0.260 e. The Morgan fingerprint density at radius 2 is 1.95 bits per heavy atom. The monoisotopic (exact) mass is 294 g/mol. The highest BCUT2D eigenvalue weighted by Gasteiger charge is 2.24. The molecule has 0 aliphatic carbocycles. The summed E-state index contributed by atoms with van der Waals surface area (Å²) in [6.45, 7) is 0.957. The van der Waals surface area contributed by atoms with Gasteiger partial charge in [0.25, 0.3) is 10.0 Å². The molecule has 3 N–H and O–H groups in total. The molecule has 0 bridgehead atoms. The lowest BCUT2D eigenvalue weighted by atomic mass is 10.1. The van der Waals surface area contributed by atoms with E-state index in [0.717, 1.165) is 5.56 Å². The van der Waals surface area contributed by atoms with Crippen molar-refractivity contribution >= 4 is 10.0 Å². The number of hydrogen-bond donors (Lipinski definition) is 2. The third-order valence-corrected chi connectivity index (χ3v) is 4.79. The molecule has 6 nitrogen and oxygen atoms in total. The summed E-state index contributed by atoms with van der Waals surface area (Å²) in [6, 6.07) is 9.76. The van der Waals surface area contributed by atoms with Crippen molar-refractivity contribution < 1.29 is 8.42 Å². The molecule has 0 saturated carbocycles. The van der Waals surface area contributed by atoms with Crippen molar-refractivity contribution in [2.45, 2.75) is 11.4 Å². The van der Waals surface area contributed by atoms with E-state index in [4.69, 9.17) is 5.73 Å². The van der Waals surface area contributed by atoms with Gasteiger partial charge in [-0.1, -0.05) is 30.3 Å². The van der Waals surface area contributed by atoms with Crippen LogP contribution in [-0.2, 0) is 16.4 Å². The van der Waals surface area contributed by atoms with Gasteiger partial charge in [-0.3, -0.25) is 0 Å². The number of nitrogens with two attached hydrogens (primary N) is 1. The number of hydrogen-bond acceptors (Lipinski definition) is 4. The predicted molar refractivity (Wildman–Crippen MR) is 76.5 cm³/mol. The Balaban J connectivity index is 2.11. The van der Waals surface area contributed by atoms with E-state index in [0.29, 0.717) is 13.0 Å². The summed E-state index contributed by atoms with van der Waals surface area (Å²) >= 11 is 0. The van der Waals surface area contributed by atoms with Crippen molar-refractivity contribution in [1.82, 2.24) is 14.3 Å². The van der Waals surface area contributed by atoms with Crippen LogP contribution in [0.2, 0.25) is 0 Å². The molecule has 2 aromatic rings. The van der Waals surface area contributed by atoms with Crippen LogP contribution in [0.15, 0.2) is 47.9 Å². The summed E-state index contributed by atoms with van der Waals surface area (Å²) in [5.41, 5.74) is 6.61. The molecule has 2 rings (SSSR count). The van der Waals surface area contributed by atoms with Crippen LogP contribution >= 0.6 is 0 Å². The van der Waals surface area contributed by atoms with Crippen LogP contribution in [0, 0.1) is 0 Å². The fraction of sp³-hybridized carbons (Fsp3) is 0.308. The molecule has 0 atom stereocenters. The Labute approximate surface area is 118 Å². The van der Waals surface area contributed by atoms with Crippen LogP contribution in [0.4, 0.5) is 0 Å². The van der Waals surface area contributed by atoms with Crippen LogP contribution in [0.25, 0.3) is 0 Å². The number of imidazole rings is 1. The molecular formula is C13H18N4O2S. The van der Waals surface area contributed by atoms with Crippen LogP contribution in [0.1, 0.15) is 5.56 Å². The summed E-state index contributed by atoms with van der Waals surface area (Å²) in [5, 5.41) is 0.0963. The maximum absolute atomic E-state index is 12.4. The predicted octanol–water partition coefficient (Wildman–Crippen LogP) is 0.602. The molecule has 0 aliphatic rings. The summed E-state index contributed by atoms with van der Waals surface area (Å²) in [7, 11) is -3.55. The van der Waals surface area contributed by atoms with E-state index < -0.39 is 10.0 Å². The molecule has 0 spiro atoms. The topological polar surface area (TPSA) is 92.1 Å². The standard InChI is InChI=1S/C13H18N4O2S/c14-7-9-17(8-6-12-4-2-1-3-5-12)20(18,19)13-10-15-11-16-13/h1-5,10-11H,6-9,14H2,(H,15,16). The lowest BCUT2D eigenvalue weighted by molar-refractivity contribution is 0.420. The SMILES string of the molecule is NCCN(CCc1ccccc1)S(=O)(=O)c1cnc[nH]1. The third kappa shape index (κ3) is 3.44. The van der Waals surface area contributed by atoms with Crippen molar-refractivity contribution in [3.05, 3.63) is 48.4 Å². The molecule has 1 aromatic carbocycles. The van der Waals surface area contributed by atoms with Crippen molar-refractivity contribution in [2.75, 3.05) is 19.6 Å². The summed E-state index contributed by atoms with van der Waals surface area (Å²) in [6.07, 6.45) is 3.31. The lowest BCUT2D eigenvalue weighted by Gasteiger charge is -2.20. The average molecular weight is 294 g/mol. The Hall–Kier alpha value is -1.70. The Morgan fingerprint density at radius 1 is 1.20 bits per heavy atom. The smallest absolute Gasteiger partial charge is 0.260 e. The first kappa shape index (κ1) is 14.7. The minimum Gasteiger partial charge on any atom is -0.335 e. The van der Waals surface area contributed by atoms with E-state index in [1.165, 1.54) is 16.8 Å². The number of benzene rings is 1. The van der Waals surface area contributed by atoms with Gasteiger partial charge in [-0.05, 0) is 12.0 Å². The van der Waals surface area contributed by atoms with Gasteiger partial charge in [0.15, 0.2) is 5.03 Å². The quantitative estimate of drug-likeness (QED) is 0.782. The maximum atomic E-state index is 12.4.